The van der Waals surface area contributed by atoms with Crippen LogP contribution in [0.5, 0.6) is 5.75 Å². The number of sulfonamides is 1. The Morgan fingerprint density at radius 2 is 2.00 bits per heavy atom. The Bertz CT molecular complexity index is 417. The highest BCUT2D eigenvalue weighted by Crippen LogP contribution is 2.24. The van der Waals surface area contributed by atoms with Gasteiger partial charge in [-0.05, 0) is 18.2 Å². The number of phenols is 1. The van der Waals surface area contributed by atoms with Crippen LogP contribution >= 0.6 is 11.6 Å². The Morgan fingerprint density at radius 3 is 2.46 bits per heavy atom. The van der Waals surface area contributed by atoms with E-state index in [1.54, 1.807) is 0 Å². The van der Waals surface area contributed by atoms with Crippen molar-refractivity contribution in [1.29, 1.82) is 0 Å². The lowest BCUT2D eigenvalue weighted by molar-refractivity contribution is 0.242. The van der Waals surface area contributed by atoms with Crippen molar-refractivity contribution in [3.05, 3.63) is 23.2 Å². The molecule has 0 fully saturated rings. The second kappa shape index (κ2) is 3.51. The van der Waals surface area contributed by atoms with Crippen LogP contribution in [0.15, 0.2) is 23.1 Å². The molecule has 0 aliphatic carbocycles. The van der Waals surface area contributed by atoms with E-state index >= 15 is 0 Å². The van der Waals surface area contributed by atoms with Gasteiger partial charge in [-0.2, -0.15) is 0 Å². The van der Waals surface area contributed by atoms with Crippen molar-refractivity contribution in [2.75, 3.05) is 0 Å². The summed E-state index contributed by atoms with van der Waals surface area (Å²) in [5.41, 5.74) is 0. The Hall–Kier alpha value is -0.820. The molecule has 13 heavy (non-hydrogen) atoms. The molecule has 7 heteroatoms. The van der Waals surface area contributed by atoms with E-state index < -0.39 is 10.0 Å². The first kappa shape index (κ1) is 10.3. The van der Waals surface area contributed by atoms with Crippen molar-refractivity contribution in [3.8, 4) is 5.75 Å². The highest BCUT2D eigenvalue weighted by Gasteiger charge is 2.16. The zero-order valence-corrected chi connectivity index (χ0v) is 7.80. The summed E-state index contributed by atoms with van der Waals surface area (Å²) >= 11 is 5.50. The monoisotopic (exact) mass is 223 g/mol. The van der Waals surface area contributed by atoms with E-state index in [1.807, 2.05) is 0 Å². The minimum atomic E-state index is -3.98. The summed E-state index contributed by atoms with van der Waals surface area (Å²) in [7, 11) is -3.98. The molecule has 0 amide bonds. The van der Waals surface area contributed by atoms with Crippen LogP contribution in [0.25, 0.3) is 0 Å². The fourth-order valence-corrected chi connectivity index (χ4v) is 1.90. The molecule has 72 valence electrons. The molecule has 1 aromatic rings. The highest BCUT2D eigenvalue weighted by atomic mass is 35.5. The molecule has 0 unspecified atom stereocenters. The van der Waals surface area contributed by atoms with E-state index in [2.05, 4.69) is 0 Å². The number of aromatic hydroxyl groups is 1. The average molecular weight is 224 g/mol. The minimum absolute atomic E-state index is 0.151. The van der Waals surface area contributed by atoms with Crippen molar-refractivity contribution in [2.45, 2.75) is 4.90 Å². The first-order valence-electron chi connectivity index (χ1n) is 3.12. The molecule has 0 aliphatic heterocycles. The number of hydrogen-bond acceptors (Lipinski definition) is 4. The Labute approximate surface area is 79.6 Å². The molecular formula is C6H6ClNO4S. The van der Waals surface area contributed by atoms with Gasteiger partial charge in [0.1, 0.15) is 10.6 Å². The van der Waals surface area contributed by atoms with Crippen LogP contribution in [0.4, 0.5) is 0 Å². The molecule has 5 nitrogen and oxygen atoms in total. The first-order valence-corrected chi connectivity index (χ1v) is 4.98. The summed E-state index contributed by atoms with van der Waals surface area (Å²) in [6.07, 6.45) is 0. The maximum absolute atomic E-state index is 11.0. The smallest absolute Gasteiger partial charge is 0.263 e. The number of phenolic OH excluding ortho intramolecular Hbond substituents is 1. The number of benzene rings is 1. The summed E-state index contributed by atoms with van der Waals surface area (Å²) in [5.74, 6) is -0.151. The molecule has 0 heterocycles. The van der Waals surface area contributed by atoms with Crippen LogP contribution in [0, 0.1) is 0 Å². The van der Waals surface area contributed by atoms with Crippen molar-refractivity contribution >= 4 is 21.6 Å². The van der Waals surface area contributed by atoms with Crippen LogP contribution in [-0.4, -0.2) is 18.7 Å². The molecular weight excluding hydrogens is 218 g/mol. The quantitative estimate of drug-likeness (QED) is 0.645. The lowest BCUT2D eigenvalue weighted by Gasteiger charge is -2.03. The van der Waals surface area contributed by atoms with Gasteiger partial charge < -0.3 is 10.3 Å². The summed E-state index contributed by atoms with van der Waals surface area (Å²) < 4.78 is 22.0. The summed E-state index contributed by atoms with van der Waals surface area (Å²) in [6.45, 7) is 0. The van der Waals surface area contributed by atoms with Crippen LogP contribution < -0.4 is 4.89 Å². The van der Waals surface area contributed by atoms with Crippen LogP contribution in [0.1, 0.15) is 0 Å². The fourth-order valence-electron chi connectivity index (χ4n) is 0.757. The van der Waals surface area contributed by atoms with E-state index in [1.165, 1.54) is 0 Å². The van der Waals surface area contributed by atoms with Gasteiger partial charge in [-0.25, -0.2) is 8.42 Å². The maximum Gasteiger partial charge on any atom is 0.263 e. The van der Waals surface area contributed by atoms with Crippen LogP contribution in [0.2, 0.25) is 5.02 Å². The molecule has 0 aliphatic rings. The second-order valence-electron chi connectivity index (χ2n) is 2.21. The lowest BCUT2D eigenvalue weighted by Crippen LogP contribution is -2.19. The number of rotatable bonds is 2. The van der Waals surface area contributed by atoms with Gasteiger partial charge in [0.15, 0.2) is 0 Å². The third kappa shape index (κ3) is 2.10. The van der Waals surface area contributed by atoms with Crippen LogP contribution in [0.3, 0.4) is 0 Å². The standard InChI is InChI=1S/C6H6ClNO4S/c7-5-3-4(9)1-2-6(5)13(11,12)8-10/h1-3,8-10H. The van der Waals surface area contributed by atoms with E-state index in [9.17, 15) is 8.42 Å². The molecule has 3 N–H and O–H groups in total. The fraction of sp³-hybridized carbons (Fsp3) is 0. The zero-order valence-electron chi connectivity index (χ0n) is 6.23. The first-order chi connectivity index (χ1) is 5.97. The molecule has 0 aromatic heterocycles. The maximum atomic E-state index is 11.0. The predicted octanol–water partition coefficient (Wildman–Crippen LogP) is 0.713. The van der Waals surface area contributed by atoms with Gasteiger partial charge in [0.2, 0.25) is 0 Å². The van der Waals surface area contributed by atoms with Crippen molar-refractivity contribution < 1.29 is 18.7 Å². The number of halogens is 1. The van der Waals surface area contributed by atoms with E-state index in [0.29, 0.717) is 0 Å². The second-order valence-corrected chi connectivity index (χ2v) is 4.25. The largest absolute Gasteiger partial charge is 0.508 e. The van der Waals surface area contributed by atoms with Gasteiger partial charge in [0.25, 0.3) is 10.0 Å². The van der Waals surface area contributed by atoms with Gasteiger partial charge in [-0.1, -0.05) is 16.5 Å². The molecule has 0 atom stereocenters. The summed E-state index contributed by atoms with van der Waals surface area (Å²) in [4.78, 5) is 0.827. The summed E-state index contributed by atoms with van der Waals surface area (Å²) in [6, 6.07) is 3.29. The number of hydrogen-bond donors (Lipinski definition) is 3. The molecule has 0 saturated heterocycles. The van der Waals surface area contributed by atoms with Crippen LogP contribution in [-0.2, 0) is 10.0 Å². The molecule has 0 spiro atoms. The van der Waals surface area contributed by atoms with E-state index in [0.717, 1.165) is 23.1 Å². The molecule has 0 radical (unpaired) electrons. The third-order valence-corrected chi connectivity index (χ3v) is 2.93. The Kier molecular flexibility index (Phi) is 2.77. The lowest BCUT2D eigenvalue weighted by atomic mass is 10.3. The van der Waals surface area contributed by atoms with Gasteiger partial charge in [-0.3, -0.25) is 0 Å². The van der Waals surface area contributed by atoms with Gasteiger partial charge in [0, 0.05) is 0 Å². The van der Waals surface area contributed by atoms with Crippen molar-refractivity contribution in [2.24, 2.45) is 0 Å². The molecule has 0 bridgehead atoms. The Balaban J connectivity index is 3.33. The highest BCUT2D eigenvalue weighted by molar-refractivity contribution is 7.89. The average Bonchev–Trinajstić information content (AvgIpc) is 2.03. The third-order valence-electron chi connectivity index (χ3n) is 1.33. The van der Waals surface area contributed by atoms with Gasteiger partial charge in [-0.15, -0.1) is 0 Å². The molecule has 1 rings (SSSR count). The topological polar surface area (TPSA) is 86.6 Å². The van der Waals surface area contributed by atoms with E-state index in [4.69, 9.17) is 21.9 Å². The SMILES string of the molecule is O=S(=O)(NO)c1ccc(O)cc1Cl. The Morgan fingerprint density at radius 1 is 1.38 bits per heavy atom. The normalized spacial score (nSPS) is 11.5. The van der Waals surface area contributed by atoms with Gasteiger partial charge in [0.05, 0.1) is 5.02 Å². The predicted molar refractivity (Wildman–Crippen MR) is 45.2 cm³/mol. The number of nitrogens with one attached hydrogen (secondary N) is 1. The molecule has 1 aromatic carbocycles. The minimum Gasteiger partial charge on any atom is -0.508 e. The molecule has 0 saturated carbocycles. The van der Waals surface area contributed by atoms with Crippen molar-refractivity contribution in [3.63, 3.8) is 0 Å². The van der Waals surface area contributed by atoms with E-state index in [-0.39, 0.29) is 15.7 Å². The van der Waals surface area contributed by atoms with Crippen molar-refractivity contribution in [1.82, 2.24) is 4.89 Å². The zero-order chi connectivity index (χ0) is 10.1. The summed E-state index contributed by atoms with van der Waals surface area (Å²) in [5, 5.41) is 17.0. The van der Waals surface area contributed by atoms with Gasteiger partial charge >= 0.3 is 0 Å².